The van der Waals surface area contributed by atoms with Gasteiger partial charge in [0.25, 0.3) is 5.91 Å². The Morgan fingerprint density at radius 3 is 2.38 bits per heavy atom. The first-order valence-corrected chi connectivity index (χ1v) is 7.02. The van der Waals surface area contributed by atoms with E-state index >= 15 is 0 Å². The average Bonchev–Trinajstić information content (AvgIpc) is 2.45. The normalized spacial score (nSPS) is 19.7. The maximum Gasteiger partial charge on any atom is 0.265 e. The third-order valence-electron chi connectivity index (χ3n) is 3.13. The van der Waals surface area contributed by atoms with Crippen LogP contribution >= 0.6 is 0 Å². The summed E-state index contributed by atoms with van der Waals surface area (Å²) in [5.41, 5.74) is 0. The van der Waals surface area contributed by atoms with Crippen LogP contribution in [0.3, 0.4) is 0 Å². The zero-order chi connectivity index (χ0) is 15.2. The molecule has 0 aromatic heterocycles. The molecule has 0 aliphatic carbocycles. The molecule has 1 aromatic carbocycles. The molecule has 2 N–H and O–H groups in total. The van der Waals surface area contributed by atoms with E-state index in [4.69, 9.17) is 9.47 Å². The summed E-state index contributed by atoms with van der Waals surface area (Å²) in [7, 11) is 0. The molecule has 1 heterocycles. The molecule has 1 aliphatic rings. The summed E-state index contributed by atoms with van der Waals surface area (Å²) >= 11 is 0. The maximum atomic E-state index is 12.1. The number of hydrogen-bond donors (Lipinski definition) is 2. The second kappa shape index (κ2) is 6.97. The van der Waals surface area contributed by atoms with Crippen molar-refractivity contribution in [2.75, 3.05) is 13.1 Å². The van der Waals surface area contributed by atoms with Crippen LogP contribution in [-0.4, -0.2) is 37.1 Å². The van der Waals surface area contributed by atoms with Gasteiger partial charge in [0.2, 0.25) is 12.0 Å². The van der Waals surface area contributed by atoms with Crippen LogP contribution in [0.15, 0.2) is 24.3 Å². The Morgan fingerprint density at radius 2 is 1.71 bits per heavy atom. The number of nitrogens with one attached hydrogen (secondary N) is 2. The number of carbonyl (C=O) groups is 2. The molecule has 6 nitrogen and oxygen atoms in total. The largest absolute Gasteiger partial charge is 0.482 e. The molecule has 0 unspecified atom stereocenters. The zero-order valence-corrected chi connectivity index (χ0v) is 12.2. The molecule has 0 bridgehead atoms. The standard InChI is InChI=1S/C15H20N2O4/c1-10-14(15(19)17-9-5-8-16-11(2)18)21-13-7-4-3-6-12(13)20-10/h3-4,6-7,10,14H,5,8-9H2,1-2H3,(H,16,18)(H,17,19)/t10-,14-/m1/s1. The van der Waals surface area contributed by atoms with E-state index in [1.165, 1.54) is 6.92 Å². The number of para-hydroxylation sites is 2. The lowest BCUT2D eigenvalue weighted by Gasteiger charge is -2.31. The van der Waals surface area contributed by atoms with Crippen molar-refractivity contribution >= 4 is 11.8 Å². The smallest absolute Gasteiger partial charge is 0.265 e. The molecule has 2 rings (SSSR count). The zero-order valence-electron chi connectivity index (χ0n) is 12.2. The minimum absolute atomic E-state index is 0.0735. The molecule has 2 amide bonds. The van der Waals surface area contributed by atoms with Crippen molar-refractivity contribution < 1.29 is 19.1 Å². The molecular formula is C15H20N2O4. The minimum Gasteiger partial charge on any atom is -0.482 e. The van der Waals surface area contributed by atoms with Crippen LogP contribution < -0.4 is 20.1 Å². The fourth-order valence-electron chi connectivity index (χ4n) is 2.07. The summed E-state index contributed by atoms with van der Waals surface area (Å²) in [6, 6.07) is 7.28. The number of amides is 2. The van der Waals surface area contributed by atoms with Crippen molar-refractivity contribution in [1.29, 1.82) is 0 Å². The summed E-state index contributed by atoms with van der Waals surface area (Å²) < 4.78 is 11.4. The second-order valence-electron chi connectivity index (χ2n) is 4.94. The van der Waals surface area contributed by atoms with Gasteiger partial charge in [-0.15, -0.1) is 0 Å². The van der Waals surface area contributed by atoms with Crippen LogP contribution in [-0.2, 0) is 9.59 Å². The highest BCUT2D eigenvalue weighted by molar-refractivity contribution is 5.82. The van der Waals surface area contributed by atoms with Gasteiger partial charge in [-0.2, -0.15) is 0 Å². The Kier molecular flexibility index (Phi) is 5.03. The fraction of sp³-hybridized carbons (Fsp3) is 0.467. The van der Waals surface area contributed by atoms with E-state index in [0.717, 1.165) is 0 Å². The van der Waals surface area contributed by atoms with E-state index in [0.29, 0.717) is 31.0 Å². The third kappa shape index (κ3) is 4.11. The Morgan fingerprint density at radius 1 is 1.10 bits per heavy atom. The van der Waals surface area contributed by atoms with E-state index in [2.05, 4.69) is 10.6 Å². The number of ether oxygens (including phenoxy) is 2. The Labute approximate surface area is 123 Å². The van der Waals surface area contributed by atoms with Gasteiger partial charge in [0.15, 0.2) is 11.5 Å². The van der Waals surface area contributed by atoms with Crippen molar-refractivity contribution in [2.24, 2.45) is 0 Å². The lowest BCUT2D eigenvalue weighted by atomic mass is 10.1. The molecule has 0 spiro atoms. The van der Waals surface area contributed by atoms with E-state index < -0.39 is 6.10 Å². The van der Waals surface area contributed by atoms with Gasteiger partial charge in [-0.25, -0.2) is 0 Å². The van der Waals surface area contributed by atoms with Crippen molar-refractivity contribution in [3.8, 4) is 11.5 Å². The van der Waals surface area contributed by atoms with Gasteiger partial charge in [-0.05, 0) is 25.5 Å². The summed E-state index contributed by atoms with van der Waals surface area (Å²) in [6.07, 6.45) is -0.347. The van der Waals surface area contributed by atoms with Crippen molar-refractivity contribution in [1.82, 2.24) is 10.6 Å². The lowest BCUT2D eigenvalue weighted by molar-refractivity contribution is -0.133. The SMILES string of the molecule is CC(=O)NCCCNC(=O)[C@@H]1Oc2ccccc2O[C@@H]1C. The Hall–Kier alpha value is -2.24. The van der Waals surface area contributed by atoms with E-state index in [1.54, 1.807) is 13.0 Å². The summed E-state index contributed by atoms with van der Waals surface area (Å²) in [5, 5.41) is 5.47. The van der Waals surface area contributed by atoms with Crippen LogP contribution in [0.2, 0.25) is 0 Å². The maximum absolute atomic E-state index is 12.1. The van der Waals surface area contributed by atoms with E-state index in [1.807, 2.05) is 18.2 Å². The summed E-state index contributed by atoms with van der Waals surface area (Å²) in [6.45, 7) is 4.28. The first-order valence-electron chi connectivity index (χ1n) is 7.02. The highest BCUT2D eigenvalue weighted by Gasteiger charge is 2.33. The minimum atomic E-state index is -0.666. The first-order chi connectivity index (χ1) is 10.1. The van der Waals surface area contributed by atoms with Crippen molar-refractivity contribution in [3.63, 3.8) is 0 Å². The lowest BCUT2D eigenvalue weighted by Crippen LogP contribution is -2.49. The highest BCUT2D eigenvalue weighted by Crippen LogP contribution is 2.33. The molecule has 21 heavy (non-hydrogen) atoms. The van der Waals surface area contributed by atoms with Crippen LogP contribution in [0, 0.1) is 0 Å². The third-order valence-corrected chi connectivity index (χ3v) is 3.13. The van der Waals surface area contributed by atoms with Gasteiger partial charge in [-0.1, -0.05) is 12.1 Å². The van der Waals surface area contributed by atoms with Crippen LogP contribution in [0.4, 0.5) is 0 Å². The molecule has 2 atom stereocenters. The predicted molar refractivity (Wildman–Crippen MR) is 77.3 cm³/mol. The van der Waals surface area contributed by atoms with Gasteiger partial charge < -0.3 is 20.1 Å². The van der Waals surface area contributed by atoms with Crippen molar-refractivity contribution in [3.05, 3.63) is 24.3 Å². The monoisotopic (exact) mass is 292 g/mol. The molecule has 0 saturated heterocycles. The van der Waals surface area contributed by atoms with E-state index in [-0.39, 0.29) is 17.9 Å². The van der Waals surface area contributed by atoms with Gasteiger partial charge in [-0.3, -0.25) is 9.59 Å². The molecule has 1 aromatic rings. The molecule has 114 valence electrons. The van der Waals surface area contributed by atoms with Crippen LogP contribution in [0.25, 0.3) is 0 Å². The Balaban J connectivity index is 1.82. The van der Waals surface area contributed by atoms with E-state index in [9.17, 15) is 9.59 Å². The predicted octanol–water partition coefficient (Wildman–Crippen LogP) is 0.857. The number of benzene rings is 1. The number of carbonyl (C=O) groups excluding carboxylic acids is 2. The van der Waals surface area contributed by atoms with Gasteiger partial charge in [0.05, 0.1) is 0 Å². The summed E-state index contributed by atoms with van der Waals surface area (Å²) in [4.78, 5) is 22.8. The average molecular weight is 292 g/mol. The topological polar surface area (TPSA) is 76.7 Å². The molecule has 0 radical (unpaired) electrons. The number of fused-ring (bicyclic) bond motifs is 1. The second-order valence-corrected chi connectivity index (χ2v) is 4.94. The molecule has 0 saturated carbocycles. The Bertz CT molecular complexity index is 518. The van der Waals surface area contributed by atoms with Crippen LogP contribution in [0.1, 0.15) is 20.3 Å². The fourth-order valence-corrected chi connectivity index (χ4v) is 2.07. The first kappa shape index (κ1) is 15.2. The molecule has 1 aliphatic heterocycles. The van der Waals surface area contributed by atoms with Crippen LogP contribution in [0.5, 0.6) is 11.5 Å². The number of hydrogen-bond acceptors (Lipinski definition) is 4. The van der Waals surface area contributed by atoms with Crippen molar-refractivity contribution in [2.45, 2.75) is 32.5 Å². The molecule has 6 heteroatoms. The number of rotatable bonds is 5. The van der Waals surface area contributed by atoms with Gasteiger partial charge in [0.1, 0.15) is 6.10 Å². The summed E-state index contributed by atoms with van der Waals surface area (Å²) in [5.74, 6) is 0.948. The highest BCUT2D eigenvalue weighted by atomic mass is 16.6. The molecule has 0 fully saturated rings. The quantitative estimate of drug-likeness (QED) is 0.789. The van der Waals surface area contributed by atoms with Gasteiger partial charge in [0, 0.05) is 20.0 Å². The molecular weight excluding hydrogens is 272 g/mol. The van der Waals surface area contributed by atoms with Gasteiger partial charge >= 0.3 is 0 Å².